The summed E-state index contributed by atoms with van der Waals surface area (Å²) in [7, 11) is 0. The molecule has 13 nitrogen and oxygen atoms in total. The highest BCUT2D eigenvalue weighted by molar-refractivity contribution is 6.31. The third kappa shape index (κ3) is 6.21. The van der Waals surface area contributed by atoms with Gasteiger partial charge in [-0.1, -0.05) is 45.4 Å². The summed E-state index contributed by atoms with van der Waals surface area (Å²) in [5, 5.41) is 15.0. The molecule has 0 aromatic heterocycles. The molecule has 0 spiro atoms. The Morgan fingerprint density at radius 3 is 2.20 bits per heavy atom. The summed E-state index contributed by atoms with van der Waals surface area (Å²) >= 11 is 6.24. The van der Waals surface area contributed by atoms with E-state index in [0.29, 0.717) is 54.5 Å². The van der Waals surface area contributed by atoms with Crippen LogP contribution < -0.4 is 15.4 Å². The largest absolute Gasteiger partial charge is 0.489 e. The number of imide groups is 2. The Morgan fingerprint density at radius 2 is 1.57 bits per heavy atom. The number of carbonyl (C=O) groups excluding carboxylic acids is 6. The first-order valence-electron chi connectivity index (χ1n) is 18.7. The number of nitrogens with one attached hydrogen (secondary N) is 2. The second-order valence-electron chi connectivity index (χ2n) is 16.6. The van der Waals surface area contributed by atoms with Gasteiger partial charge in [-0.2, -0.15) is 5.26 Å². The van der Waals surface area contributed by atoms with Gasteiger partial charge in [0.05, 0.1) is 28.3 Å². The van der Waals surface area contributed by atoms with Gasteiger partial charge in [0.15, 0.2) is 0 Å². The fourth-order valence-electron chi connectivity index (χ4n) is 9.56. The summed E-state index contributed by atoms with van der Waals surface area (Å²) in [5.41, 5.74) is 4.30. The smallest absolute Gasteiger partial charge is 0.262 e. The Hall–Kier alpha value is -5.58. The number of hydrogen-bond acceptors (Lipinski definition) is 9. The maximum absolute atomic E-state index is 13.6. The lowest BCUT2D eigenvalue weighted by Gasteiger charge is -2.63. The fraction of sp³-hybridized carbons (Fsp3) is 0.405. The molecule has 8 rings (SSSR count). The van der Waals surface area contributed by atoms with Crippen LogP contribution in [0.3, 0.4) is 0 Å². The van der Waals surface area contributed by atoms with Gasteiger partial charge in [0.1, 0.15) is 24.0 Å². The van der Waals surface area contributed by atoms with E-state index in [0.717, 1.165) is 27.2 Å². The Bertz CT molecular complexity index is 2250. The number of nitriles is 1. The van der Waals surface area contributed by atoms with E-state index in [1.54, 1.807) is 36.4 Å². The number of nitrogens with zero attached hydrogens (tertiary/aromatic N) is 4. The van der Waals surface area contributed by atoms with Gasteiger partial charge >= 0.3 is 0 Å². The molecule has 1 saturated carbocycles. The number of hydrogen-bond donors (Lipinski definition) is 2. The quantitative estimate of drug-likeness (QED) is 0.335. The number of ether oxygens (including phenoxy) is 1. The Morgan fingerprint density at radius 1 is 0.893 bits per heavy atom. The first kappa shape index (κ1) is 37.3. The summed E-state index contributed by atoms with van der Waals surface area (Å²) in [6.45, 7) is 10.2. The molecular formula is C42H41ClN6O7. The van der Waals surface area contributed by atoms with Crippen LogP contribution in [0.2, 0.25) is 5.02 Å². The van der Waals surface area contributed by atoms with Crippen molar-refractivity contribution in [3.8, 4) is 11.8 Å². The number of halogens is 1. The average Bonchev–Trinajstić information content (AvgIpc) is 3.66. The second-order valence-corrected chi connectivity index (χ2v) is 17.0. The number of amides is 6. The van der Waals surface area contributed by atoms with Gasteiger partial charge in [0.2, 0.25) is 17.7 Å². The predicted molar refractivity (Wildman–Crippen MR) is 202 cm³/mol. The number of piperidine rings is 1. The van der Waals surface area contributed by atoms with Crippen molar-refractivity contribution in [3.05, 3.63) is 98.1 Å². The molecule has 4 heterocycles. The topological polar surface area (TPSA) is 169 Å². The predicted octanol–water partition coefficient (Wildman–Crippen LogP) is 4.13. The van der Waals surface area contributed by atoms with Crippen LogP contribution >= 0.6 is 11.6 Å². The normalized spacial score (nSPS) is 23.4. The molecule has 3 aromatic carbocycles. The summed E-state index contributed by atoms with van der Waals surface area (Å²) < 4.78 is 6.37. The molecule has 2 fully saturated rings. The molecule has 0 bridgehead atoms. The van der Waals surface area contributed by atoms with Crippen molar-refractivity contribution in [1.29, 1.82) is 5.26 Å². The maximum Gasteiger partial charge on any atom is 0.262 e. The van der Waals surface area contributed by atoms with Crippen LogP contribution in [0.4, 0.5) is 0 Å². The lowest BCUT2D eigenvalue weighted by molar-refractivity contribution is -0.164. The van der Waals surface area contributed by atoms with Crippen molar-refractivity contribution in [2.45, 2.75) is 84.8 Å². The summed E-state index contributed by atoms with van der Waals surface area (Å²) in [6.07, 6.45) is 0.530. The third-order valence-electron chi connectivity index (χ3n) is 12.2. The average molecular weight is 777 g/mol. The molecular weight excluding hydrogens is 736 g/mol. The minimum absolute atomic E-state index is 0.0384. The van der Waals surface area contributed by atoms with Crippen LogP contribution in [0.1, 0.15) is 99.4 Å². The van der Waals surface area contributed by atoms with Crippen LogP contribution in [0.5, 0.6) is 5.75 Å². The van der Waals surface area contributed by atoms with Crippen molar-refractivity contribution < 1.29 is 33.5 Å². The minimum Gasteiger partial charge on any atom is -0.489 e. The van der Waals surface area contributed by atoms with Gasteiger partial charge in [0, 0.05) is 61.1 Å². The SMILES string of the molecule is CC1(C)[C@H](NC(=O)c2ccc3c(c2)CCN(C(=O)CN2Cc4cc5c(cc4C2)C(=O)N(C2CCC(=O)NC2=O)C5=O)C3)C(C)(C)[C@H]1Oc1ccc(C#N)c(Cl)c1. The van der Waals surface area contributed by atoms with E-state index in [9.17, 15) is 34.0 Å². The van der Waals surface area contributed by atoms with Gasteiger partial charge in [0.25, 0.3) is 17.7 Å². The fourth-order valence-corrected chi connectivity index (χ4v) is 9.77. The molecule has 56 heavy (non-hydrogen) atoms. The standard InChI is InChI=1S/C42H41ClN6O7/c1-41(2)39(42(3,4)40(41)56-28-8-7-24(17-44)31(43)16-28)46-35(52)23-5-6-25-20-48(12-11-22(25)13-23)34(51)21-47-18-26-14-29-30(15-27(26)19-47)38(55)49(37(29)54)32-9-10-33(50)45-36(32)53/h5-8,13-16,32,39-40H,9-12,18-21H2,1-4H3,(H,46,52)(H,45,50,53)/t32?,39-,40-. The Kier molecular flexibility index (Phi) is 9.05. The molecule has 1 saturated heterocycles. The molecule has 0 radical (unpaired) electrons. The Labute approximate surface area is 328 Å². The zero-order chi connectivity index (χ0) is 39.8. The van der Waals surface area contributed by atoms with Crippen LogP contribution in [-0.4, -0.2) is 81.4 Å². The molecule has 1 aliphatic carbocycles. The maximum atomic E-state index is 13.6. The molecule has 5 aliphatic rings. The van der Waals surface area contributed by atoms with Crippen LogP contribution in [-0.2, 0) is 40.4 Å². The van der Waals surface area contributed by atoms with E-state index in [2.05, 4.69) is 44.4 Å². The molecule has 3 aromatic rings. The lowest BCUT2D eigenvalue weighted by Crippen LogP contribution is -2.74. The summed E-state index contributed by atoms with van der Waals surface area (Å²) in [6, 6.07) is 14.9. The zero-order valence-electron chi connectivity index (χ0n) is 31.5. The monoisotopic (exact) mass is 776 g/mol. The molecule has 4 aliphatic heterocycles. The van der Waals surface area contributed by atoms with Gasteiger partial charge in [-0.15, -0.1) is 0 Å². The van der Waals surface area contributed by atoms with Crippen molar-refractivity contribution in [1.82, 2.24) is 25.3 Å². The summed E-state index contributed by atoms with van der Waals surface area (Å²) in [4.78, 5) is 82.6. The third-order valence-corrected chi connectivity index (χ3v) is 12.5. The van der Waals surface area contributed by atoms with Gasteiger partial charge in [-0.05, 0) is 71.5 Å². The number of rotatable bonds is 7. The number of fused-ring (bicyclic) bond motifs is 3. The molecule has 288 valence electrons. The highest BCUT2D eigenvalue weighted by Crippen LogP contribution is 2.55. The number of carbonyl (C=O) groups is 6. The van der Waals surface area contributed by atoms with Crippen LogP contribution in [0, 0.1) is 22.2 Å². The summed E-state index contributed by atoms with van der Waals surface area (Å²) in [5.74, 6) is -1.82. The van der Waals surface area contributed by atoms with E-state index in [-0.39, 0.29) is 54.5 Å². The van der Waals surface area contributed by atoms with E-state index >= 15 is 0 Å². The Balaban J connectivity index is 0.865. The van der Waals surface area contributed by atoms with Crippen molar-refractivity contribution in [2.24, 2.45) is 10.8 Å². The van der Waals surface area contributed by atoms with Crippen LogP contribution in [0.15, 0.2) is 48.5 Å². The zero-order valence-corrected chi connectivity index (χ0v) is 32.3. The van der Waals surface area contributed by atoms with Crippen molar-refractivity contribution >= 4 is 47.0 Å². The highest BCUT2D eigenvalue weighted by atomic mass is 35.5. The molecule has 1 unspecified atom stereocenters. The molecule has 14 heteroatoms. The minimum atomic E-state index is -1.02. The van der Waals surface area contributed by atoms with Crippen LogP contribution in [0.25, 0.3) is 0 Å². The van der Waals surface area contributed by atoms with E-state index in [4.69, 9.17) is 16.3 Å². The van der Waals surface area contributed by atoms with E-state index < -0.39 is 40.5 Å². The highest BCUT2D eigenvalue weighted by Gasteiger charge is 2.64. The second kappa shape index (κ2) is 13.6. The van der Waals surface area contributed by atoms with Crippen molar-refractivity contribution in [2.75, 3.05) is 13.1 Å². The van der Waals surface area contributed by atoms with Crippen molar-refractivity contribution in [3.63, 3.8) is 0 Å². The number of benzene rings is 3. The first-order chi connectivity index (χ1) is 26.6. The molecule has 6 amide bonds. The van der Waals surface area contributed by atoms with E-state index in [1.165, 1.54) is 0 Å². The lowest BCUT2D eigenvalue weighted by atomic mass is 9.49. The molecule has 2 N–H and O–H groups in total. The van der Waals surface area contributed by atoms with Gasteiger partial charge in [-0.3, -0.25) is 43.9 Å². The first-order valence-corrected chi connectivity index (χ1v) is 19.1. The van der Waals surface area contributed by atoms with E-state index in [1.807, 2.05) is 21.9 Å². The van der Waals surface area contributed by atoms with Gasteiger partial charge < -0.3 is 15.0 Å². The van der Waals surface area contributed by atoms with Gasteiger partial charge in [-0.25, -0.2) is 0 Å². The molecule has 1 atom stereocenters.